The van der Waals surface area contributed by atoms with Gasteiger partial charge in [-0.2, -0.15) is 13.2 Å². The van der Waals surface area contributed by atoms with Gasteiger partial charge in [0.1, 0.15) is 0 Å². The topological polar surface area (TPSA) is 41.1 Å². The van der Waals surface area contributed by atoms with E-state index in [1.165, 1.54) is 0 Å². The Morgan fingerprint density at radius 2 is 1.68 bits per heavy atom. The molecule has 1 aliphatic heterocycles. The maximum Gasteiger partial charge on any atom is 0.391 e. The number of halogens is 3. The zero-order valence-electron chi connectivity index (χ0n) is 16.3. The standard InChI is InChI=1S/C22H31F3N2O/c23-22(24,25)17-9-6-14(7-10-17)4-5-15-8-11-19-18(12-15)20(13-26-19)27-21(28)16-2-1-3-16/h4-5,13-19,26H,1-3,6-12H2,(H,27,28)/b5-4+. The van der Waals surface area contributed by atoms with Gasteiger partial charge in [-0.25, -0.2) is 0 Å². The fraction of sp³-hybridized carbons (Fsp3) is 0.773. The Labute approximate surface area is 165 Å². The van der Waals surface area contributed by atoms with Crippen LogP contribution in [0.1, 0.15) is 64.2 Å². The number of fused-ring (bicyclic) bond motifs is 1. The summed E-state index contributed by atoms with van der Waals surface area (Å²) in [5, 5.41) is 6.58. The highest BCUT2D eigenvalue weighted by molar-refractivity contribution is 5.81. The lowest BCUT2D eigenvalue weighted by Crippen LogP contribution is -2.39. The van der Waals surface area contributed by atoms with Crippen LogP contribution in [0.4, 0.5) is 13.2 Å². The second kappa shape index (κ2) is 8.11. The minimum Gasteiger partial charge on any atom is -0.386 e. The van der Waals surface area contributed by atoms with Gasteiger partial charge in [-0.15, -0.1) is 0 Å². The van der Waals surface area contributed by atoms with Crippen LogP contribution in [0.15, 0.2) is 24.0 Å². The third kappa shape index (κ3) is 4.41. The minimum atomic E-state index is -4.03. The predicted molar refractivity (Wildman–Crippen MR) is 102 cm³/mol. The van der Waals surface area contributed by atoms with Crippen LogP contribution in [0.3, 0.4) is 0 Å². The van der Waals surface area contributed by atoms with E-state index in [4.69, 9.17) is 0 Å². The molecule has 0 aromatic heterocycles. The van der Waals surface area contributed by atoms with Gasteiger partial charge in [-0.1, -0.05) is 18.6 Å². The van der Waals surface area contributed by atoms with Gasteiger partial charge >= 0.3 is 6.18 Å². The summed E-state index contributed by atoms with van der Waals surface area (Å²) in [6.07, 6.45) is 10.5. The lowest BCUT2D eigenvalue weighted by atomic mass is 9.76. The Morgan fingerprint density at radius 1 is 1.00 bits per heavy atom. The summed E-state index contributed by atoms with van der Waals surface area (Å²) in [7, 11) is 0. The quantitative estimate of drug-likeness (QED) is 0.653. The highest BCUT2D eigenvalue weighted by Gasteiger charge is 2.41. The number of amides is 1. The third-order valence-electron chi connectivity index (χ3n) is 7.38. The predicted octanol–water partition coefficient (Wildman–Crippen LogP) is 5.06. The average Bonchev–Trinajstić information content (AvgIpc) is 3.00. The van der Waals surface area contributed by atoms with Crippen molar-refractivity contribution in [1.29, 1.82) is 0 Å². The Balaban J connectivity index is 1.27. The van der Waals surface area contributed by atoms with E-state index in [2.05, 4.69) is 22.8 Å². The molecule has 3 atom stereocenters. The molecule has 3 nitrogen and oxygen atoms in total. The molecule has 0 radical (unpaired) electrons. The van der Waals surface area contributed by atoms with Crippen molar-refractivity contribution in [3.05, 3.63) is 24.0 Å². The van der Waals surface area contributed by atoms with Gasteiger partial charge in [0.25, 0.3) is 0 Å². The van der Waals surface area contributed by atoms with Crippen molar-refractivity contribution in [1.82, 2.24) is 10.6 Å². The molecule has 1 amide bonds. The molecule has 0 aromatic rings. The van der Waals surface area contributed by atoms with Gasteiger partial charge < -0.3 is 10.6 Å². The molecule has 0 bridgehead atoms. The molecule has 3 fully saturated rings. The molecular weight excluding hydrogens is 365 g/mol. The summed E-state index contributed by atoms with van der Waals surface area (Å²) in [6, 6.07) is 0.406. The van der Waals surface area contributed by atoms with Crippen molar-refractivity contribution in [3.63, 3.8) is 0 Å². The molecule has 0 aromatic carbocycles. The van der Waals surface area contributed by atoms with E-state index in [1.807, 2.05) is 6.20 Å². The number of hydrogen-bond acceptors (Lipinski definition) is 2. The van der Waals surface area contributed by atoms with Gasteiger partial charge in [0.2, 0.25) is 5.91 Å². The molecule has 2 N–H and O–H groups in total. The summed E-state index contributed by atoms with van der Waals surface area (Å²) < 4.78 is 38.4. The molecule has 1 heterocycles. The van der Waals surface area contributed by atoms with Crippen LogP contribution in [0.5, 0.6) is 0 Å². The largest absolute Gasteiger partial charge is 0.391 e. The van der Waals surface area contributed by atoms with Crippen molar-refractivity contribution in [3.8, 4) is 0 Å². The van der Waals surface area contributed by atoms with Crippen LogP contribution in [-0.4, -0.2) is 18.1 Å². The molecule has 0 saturated heterocycles. The molecule has 3 saturated carbocycles. The zero-order valence-corrected chi connectivity index (χ0v) is 16.3. The lowest BCUT2D eigenvalue weighted by Gasteiger charge is -2.33. The van der Waals surface area contributed by atoms with E-state index < -0.39 is 12.1 Å². The monoisotopic (exact) mass is 396 g/mol. The van der Waals surface area contributed by atoms with Crippen molar-refractivity contribution in [2.24, 2.45) is 29.6 Å². The first-order valence-electron chi connectivity index (χ1n) is 10.9. The molecule has 6 heteroatoms. The van der Waals surface area contributed by atoms with Crippen LogP contribution < -0.4 is 10.6 Å². The van der Waals surface area contributed by atoms with Gasteiger partial charge in [0.05, 0.1) is 5.92 Å². The summed E-state index contributed by atoms with van der Waals surface area (Å²) in [4.78, 5) is 12.3. The van der Waals surface area contributed by atoms with Crippen LogP contribution in [0, 0.1) is 29.6 Å². The zero-order chi connectivity index (χ0) is 19.7. The first-order chi connectivity index (χ1) is 13.4. The fourth-order valence-corrected chi connectivity index (χ4v) is 5.22. The van der Waals surface area contributed by atoms with Crippen LogP contribution >= 0.6 is 0 Å². The third-order valence-corrected chi connectivity index (χ3v) is 7.38. The first-order valence-corrected chi connectivity index (χ1v) is 10.9. The molecular formula is C22H31F3N2O. The molecule has 28 heavy (non-hydrogen) atoms. The van der Waals surface area contributed by atoms with Crippen LogP contribution in [-0.2, 0) is 4.79 Å². The van der Waals surface area contributed by atoms with E-state index in [0.717, 1.165) is 44.2 Å². The van der Waals surface area contributed by atoms with Crippen molar-refractivity contribution in [2.75, 3.05) is 0 Å². The number of alkyl halides is 3. The number of allylic oxidation sites excluding steroid dienone is 2. The summed E-state index contributed by atoms with van der Waals surface area (Å²) >= 11 is 0. The van der Waals surface area contributed by atoms with Gasteiger partial charge in [0, 0.05) is 29.8 Å². The molecule has 3 unspecified atom stereocenters. The van der Waals surface area contributed by atoms with E-state index in [1.54, 1.807) is 0 Å². The normalized spacial score (nSPS) is 36.4. The van der Waals surface area contributed by atoms with E-state index in [-0.39, 0.29) is 30.6 Å². The summed E-state index contributed by atoms with van der Waals surface area (Å²) in [6.45, 7) is 0. The van der Waals surface area contributed by atoms with Crippen molar-refractivity contribution >= 4 is 5.91 Å². The van der Waals surface area contributed by atoms with Gasteiger partial charge in [-0.3, -0.25) is 4.79 Å². The minimum absolute atomic E-state index is 0.166. The number of carbonyl (C=O) groups excluding carboxylic acids is 1. The molecule has 0 spiro atoms. The van der Waals surface area contributed by atoms with Crippen LogP contribution in [0.2, 0.25) is 0 Å². The lowest BCUT2D eigenvalue weighted by molar-refractivity contribution is -0.183. The molecule has 4 aliphatic rings. The molecule has 156 valence electrons. The second-order valence-electron chi connectivity index (χ2n) is 9.21. The van der Waals surface area contributed by atoms with E-state index in [9.17, 15) is 18.0 Å². The second-order valence-corrected chi connectivity index (χ2v) is 9.21. The number of carbonyl (C=O) groups is 1. The molecule has 3 aliphatic carbocycles. The van der Waals surface area contributed by atoms with E-state index >= 15 is 0 Å². The Kier molecular flexibility index (Phi) is 5.75. The fourth-order valence-electron chi connectivity index (χ4n) is 5.22. The Bertz CT molecular complexity index is 630. The maximum atomic E-state index is 12.8. The SMILES string of the molecule is O=C(NC1=CNC2CCC(/C=C/C3CCC(C(F)(F)F)CC3)CC12)C1CCC1. The number of hydrogen-bond donors (Lipinski definition) is 2. The summed E-state index contributed by atoms with van der Waals surface area (Å²) in [5.74, 6) is 0.319. The van der Waals surface area contributed by atoms with E-state index in [0.29, 0.717) is 30.7 Å². The average molecular weight is 396 g/mol. The molecule has 4 rings (SSSR count). The van der Waals surface area contributed by atoms with Crippen molar-refractivity contribution < 1.29 is 18.0 Å². The first kappa shape index (κ1) is 19.8. The smallest absolute Gasteiger partial charge is 0.386 e. The number of nitrogens with one attached hydrogen (secondary N) is 2. The van der Waals surface area contributed by atoms with Crippen molar-refractivity contribution in [2.45, 2.75) is 76.4 Å². The maximum absolute atomic E-state index is 12.8. The van der Waals surface area contributed by atoms with Crippen LogP contribution in [0.25, 0.3) is 0 Å². The Hall–Kier alpha value is -1.46. The highest BCUT2D eigenvalue weighted by Crippen LogP contribution is 2.41. The van der Waals surface area contributed by atoms with Gasteiger partial charge in [0.15, 0.2) is 0 Å². The highest BCUT2D eigenvalue weighted by atomic mass is 19.4. The Morgan fingerprint density at radius 3 is 2.32 bits per heavy atom. The summed E-state index contributed by atoms with van der Waals surface area (Å²) in [5.41, 5.74) is 1.03. The van der Waals surface area contributed by atoms with Gasteiger partial charge in [-0.05, 0) is 69.6 Å². The number of rotatable bonds is 4.